The van der Waals surface area contributed by atoms with Crippen molar-refractivity contribution in [1.29, 1.82) is 0 Å². The summed E-state index contributed by atoms with van der Waals surface area (Å²) in [4.78, 5) is 15.5. The molecule has 1 heterocycles. The van der Waals surface area contributed by atoms with Crippen molar-refractivity contribution in [2.45, 2.75) is 39.2 Å². The molecule has 0 bridgehead atoms. The Morgan fingerprint density at radius 3 is 2.35 bits per heavy atom. The van der Waals surface area contributed by atoms with Crippen LogP contribution in [0.5, 0.6) is 17.2 Å². The Labute approximate surface area is 202 Å². The van der Waals surface area contributed by atoms with E-state index in [1.54, 1.807) is 14.2 Å². The van der Waals surface area contributed by atoms with Gasteiger partial charge in [-0.15, -0.1) is 0 Å². The van der Waals surface area contributed by atoms with Crippen molar-refractivity contribution in [2.75, 3.05) is 27.4 Å². The van der Waals surface area contributed by atoms with Crippen molar-refractivity contribution in [3.63, 3.8) is 0 Å². The minimum absolute atomic E-state index is 0.00731. The lowest BCUT2D eigenvalue weighted by molar-refractivity contribution is 0.0589. The van der Waals surface area contributed by atoms with E-state index in [4.69, 9.17) is 14.2 Å². The van der Waals surface area contributed by atoms with Gasteiger partial charge in [-0.05, 0) is 72.4 Å². The lowest BCUT2D eigenvalue weighted by atomic mass is 9.91. The lowest BCUT2D eigenvalue weighted by Gasteiger charge is -2.37. The van der Waals surface area contributed by atoms with E-state index in [1.807, 2.05) is 60.4 Å². The van der Waals surface area contributed by atoms with Gasteiger partial charge in [0, 0.05) is 12.1 Å². The molecule has 0 radical (unpaired) electrons. The summed E-state index contributed by atoms with van der Waals surface area (Å²) in [5.41, 5.74) is 5.20. The van der Waals surface area contributed by atoms with Crippen molar-refractivity contribution in [1.82, 2.24) is 4.90 Å². The Kier molecular flexibility index (Phi) is 7.11. The molecule has 1 unspecified atom stereocenters. The summed E-state index contributed by atoms with van der Waals surface area (Å²) in [6.45, 7) is 7.30. The second-order valence-corrected chi connectivity index (χ2v) is 9.07. The number of fused-ring (bicyclic) bond motifs is 1. The Morgan fingerprint density at radius 1 is 1.00 bits per heavy atom. The van der Waals surface area contributed by atoms with Crippen LogP contribution in [0.2, 0.25) is 0 Å². The smallest absolute Gasteiger partial charge is 0.254 e. The van der Waals surface area contributed by atoms with Crippen molar-refractivity contribution < 1.29 is 19.0 Å². The minimum Gasteiger partial charge on any atom is -0.493 e. The molecule has 5 heteroatoms. The molecule has 5 nitrogen and oxygen atoms in total. The van der Waals surface area contributed by atoms with Crippen LogP contribution >= 0.6 is 0 Å². The van der Waals surface area contributed by atoms with Crippen LogP contribution < -0.4 is 14.2 Å². The van der Waals surface area contributed by atoms with Gasteiger partial charge in [0.1, 0.15) is 12.4 Å². The number of carbonyl (C=O) groups is 1. The van der Waals surface area contributed by atoms with Crippen LogP contribution in [0, 0.1) is 6.92 Å². The zero-order chi connectivity index (χ0) is 24.2. The van der Waals surface area contributed by atoms with Crippen molar-refractivity contribution in [3.05, 3.63) is 88.5 Å². The first-order valence-electron chi connectivity index (χ1n) is 11.8. The molecule has 1 atom stereocenters. The first-order chi connectivity index (χ1) is 16.4. The second kappa shape index (κ2) is 10.2. The van der Waals surface area contributed by atoms with E-state index in [1.165, 1.54) is 5.56 Å². The fourth-order valence-corrected chi connectivity index (χ4v) is 4.52. The molecule has 0 aromatic heterocycles. The normalized spacial score (nSPS) is 15.1. The molecule has 1 amide bonds. The summed E-state index contributed by atoms with van der Waals surface area (Å²) >= 11 is 0. The Balaban J connectivity index is 1.68. The van der Waals surface area contributed by atoms with Gasteiger partial charge in [-0.3, -0.25) is 4.79 Å². The van der Waals surface area contributed by atoms with Crippen molar-refractivity contribution >= 4 is 5.91 Å². The number of carbonyl (C=O) groups excluding carboxylic acids is 1. The summed E-state index contributed by atoms with van der Waals surface area (Å²) in [7, 11) is 3.27. The molecule has 0 fully saturated rings. The Morgan fingerprint density at radius 2 is 1.71 bits per heavy atom. The molecule has 3 aromatic rings. The van der Waals surface area contributed by atoms with E-state index in [9.17, 15) is 4.79 Å². The maximum absolute atomic E-state index is 13.6. The van der Waals surface area contributed by atoms with Crippen LogP contribution in [0.1, 0.15) is 58.4 Å². The van der Waals surface area contributed by atoms with E-state index < -0.39 is 0 Å². The van der Waals surface area contributed by atoms with Crippen molar-refractivity contribution in [2.24, 2.45) is 0 Å². The second-order valence-electron chi connectivity index (χ2n) is 9.07. The molecule has 1 aliphatic rings. The number of amides is 1. The van der Waals surface area contributed by atoms with Gasteiger partial charge in [0.2, 0.25) is 0 Å². The summed E-state index contributed by atoms with van der Waals surface area (Å²) < 4.78 is 17.3. The van der Waals surface area contributed by atoms with E-state index in [-0.39, 0.29) is 11.9 Å². The topological polar surface area (TPSA) is 48.0 Å². The van der Waals surface area contributed by atoms with E-state index in [2.05, 4.69) is 26.0 Å². The van der Waals surface area contributed by atoms with Crippen LogP contribution in [0.25, 0.3) is 0 Å². The van der Waals surface area contributed by atoms with Gasteiger partial charge in [-0.1, -0.05) is 43.7 Å². The molecule has 0 saturated carbocycles. The molecule has 0 spiro atoms. The third kappa shape index (κ3) is 4.89. The standard InChI is InChI=1S/C29H33NO4/c1-19(2)21-9-11-24(12-10-21)34-18-26-25-17-28(33-5)27(32-4)16-22(25)13-14-30(26)29(31)23-8-6-7-20(3)15-23/h6-12,15-17,19,26H,13-14,18H2,1-5H3. The minimum atomic E-state index is -0.249. The predicted molar refractivity (Wildman–Crippen MR) is 134 cm³/mol. The highest BCUT2D eigenvalue weighted by atomic mass is 16.5. The quantitative estimate of drug-likeness (QED) is 0.438. The van der Waals surface area contributed by atoms with Crippen LogP contribution in [0.15, 0.2) is 60.7 Å². The summed E-state index contributed by atoms with van der Waals surface area (Å²) in [6.07, 6.45) is 0.743. The monoisotopic (exact) mass is 459 g/mol. The highest BCUT2D eigenvalue weighted by Gasteiger charge is 2.33. The largest absolute Gasteiger partial charge is 0.493 e. The highest BCUT2D eigenvalue weighted by Crippen LogP contribution is 2.39. The van der Waals surface area contributed by atoms with Gasteiger partial charge in [0.15, 0.2) is 11.5 Å². The van der Waals surface area contributed by atoms with Gasteiger partial charge < -0.3 is 19.1 Å². The molecule has 3 aromatic carbocycles. The summed E-state index contributed by atoms with van der Waals surface area (Å²) in [6, 6.07) is 19.7. The molecule has 0 N–H and O–H groups in total. The molecular formula is C29H33NO4. The molecule has 0 aliphatic carbocycles. The van der Waals surface area contributed by atoms with E-state index in [0.29, 0.717) is 36.1 Å². The Bertz CT molecular complexity index is 1150. The molecule has 178 valence electrons. The van der Waals surface area contributed by atoms with Crippen LogP contribution in [-0.4, -0.2) is 38.2 Å². The fraction of sp³-hybridized carbons (Fsp3) is 0.345. The van der Waals surface area contributed by atoms with Gasteiger partial charge in [-0.2, -0.15) is 0 Å². The van der Waals surface area contributed by atoms with E-state index >= 15 is 0 Å². The number of aryl methyl sites for hydroxylation is 1. The van der Waals surface area contributed by atoms with Gasteiger partial charge in [-0.25, -0.2) is 0 Å². The van der Waals surface area contributed by atoms with E-state index in [0.717, 1.165) is 28.9 Å². The maximum Gasteiger partial charge on any atom is 0.254 e. The Hall–Kier alpha value is -3.47. The molecule has 4 rings (SSSR count). The van der Waals surface area contributed by atoms with Gasteiger partial charge in [0.05, 0.1) is 20.3 Å². The number of rotatable bonds is 7. The number of methoxy groups -OCH3 is 2. The summed E-state index contributed by atoms with van der Waals surface area (Å²) in [5, 5.41) is 0. The zero-order valence-electron chi connectivity index (χ0n) is 20.6. The molecule has 0 saturated heterocycles. The molecular weight excluding hydrogens is 426 g/mol. The number of hydrogen-bond donors (Lipinski definition) is 0. The molecule has 34 heavy (non-hydrogen) atoms. The third-order valence-electron chi connectivity index (χ3n) is 6.48. The first kappa shape index (κ1) is 23.7. The number of ether oxygens (including phenoxy) is 3. The van der Waals surface area contributed by atoms with Crippen LogP contribution in [0.4, 0.5) is 0 Å². The highest BCUT2D eigenvalue weighted by molar-refractivity contribution is 5.95. The predicted octanol–water partition coefficient (Wildman–Crippen LogP) is 5.95. The average Bonchev–Trinajstić information content (AvgIpc) is 2.86. The number of benzene rings is 3. The number of nitrogens with zero attached hydrogens (tertiary/aromatic N) is 1. The number of hydrogen-bond acceptors (Lipinski definition) is 4. The molecule has 1 aliphatic heterocycles. The van der Waals surface area contributed by atoms with Gasteiger partial charge >= 0.3 is 0 Å². The fourth-order valence-electron chi connectivity index (χ4n) is 4.52. The maximum atomic E-state index is 13.6. The average molecular weight is 460 g/mol. The van der Waals surface area contributed by atoms with Crippen LogP contribution in [0.3, 0.4) is 0 Å². The summed E-state index contributed by atoms with van der Waals surface area (Å²) in [5.74, 6) is 2.61. The van der Waals surface area contributed by atoms with Crippen molar-refractivity contribution in [3.8, 4) is 17.2 Å². The lowest BCUT2D eigenvalue weighted by Crippen LogP contribution is -2.42. The van der Waals surface area contributed by atoms with Gasteiger partial charge in [0.25, 0.3) is 5.91 Å². The SMILES string of the molecule is COc1cc2c(cc1OC)C(COc1ccc(C(C)C)cc1)N(C(=O)c1cccc(C)c1)CC2. The first-order valence-corrected chi connectivity index (χ1v) is 11.8. The third-order valence-corrected chi connectivity index (χ3v) is 6.48. The zero-order valence-corrected chi connectivity index (χ0v) is 20.6. The van der Waals surface area contributed by atoms with Crippen LogP contribution in [-0.2, 0) is 6.42 Å².